The first-order valence-corrected chi connectivity index (χ1v) is 11.8. The Morgan fingerprint density at radius 3 is 2.26 bits per heavy atom. The average Bonchev–Trinajstić information content (AvgIpc) is 2.89. The fourth-order valence-electron chi connectivity index (χ4n) is 3.28. The van der Waals surface area contributed by atoms with Crippen LogP contribution < -0.4 is 9.04 Å². The lowest BCUT2D eigenvalue weighted by molar-refractivity contribution is 0.100. The van der Waals surface area contributed by atoms with Gasteiger partial charge < -0.3 is 4.74 Å². The van der Waals surface area contributed by atoms with Gasteiger partial charge in [-0.15, -0.1) is 0 Å². The van der Waals surface area contributed by atoms with Crippen LogP contribution in [0.25, 0.3) is 12.2 Å². The topological polar surface area (TPSA) is 89.5 Å². The number of amides is 1. The third-order valence-electron chi connectivity index (χ3n) is 5.01. The highest BCUT2D eigenvalue weighted by Gasteiger charge is 2.33. The molecule has 0 atom stereocenters. The monoisotopic (exact) mass is 471 g/mol. The summed E-state index contributed by atoms with van der Waals surface area (Å²) in [6, 6.07) is 19.5. The van der Waals surface area contributed by atoms with Crippen molar-refractivity contribution in [2.24, 2.45) is 0 Å². The van der Waals surface area contributed by atoms with Gasteiger partial charge in [0.15, 0.2) is 0 Å². The molecule has 2 heterocycles. The number of rotatable bonds is 7. The van der Waals surface area contributed by atoms with Crippen molar-refractivity contribution >= 4 is 33.8 Å². The Morgan fingerprint density at radius 2 is 1.59 bits per heavy atom. The first-order chi connectivity index (χ1) is 16.5. The second-order valence-electron chi connectivity index (χ2n) is 7.16. The van der Waals surface area contributed by atoms with Gasteiger partial charge in [0.1, 0.15) is 5.75 Å². The molecule has 0 fully saturated rings. The van der Waals surface area contributed by atoms with Gasteiger partial charge in [-0.05, 0) is 65.7 Å². The minimum Gasteiger partial charge on any atom is -0.497 e. The first-order valence-electron chi connectivity index (χ1n) is 10.3. The van der Waals surface area contributed by atoms with Crippen LogP contribution in [0.2, 0.25) is 0 Å². The highest BCUT2D eigenvalue weighted by molar-refractivity contribution is 7.93. The fourth-order valence-corrected chi connectivity index (χ4v) is 4.72. The lowest BCUT2D eigenvalue weighted by Gasteiger charge is -2.24. The Morgan fingerprint density at radius 1 is 0.853 bits per heavy atom. The van der Waals surface area contributed by atoms with E-state index in [1.165, 1.54) is 49.8 Å². The maximum Gasteiger partial charge on any atom is 0.273 e. The molecule has 0 saturated heterocycles. The van der Waals surface area contributed by atoms with Crippen LogP contribution in [0.4, 0.5) is 5.69 Å². The van der Waals surface area contributed by atoms with E-state index in [0.717, 1.165) is 9.87 Å². The number of benzene rings is 2. The van der Waals surface area contributed by atoms with Crippen molar-refractivity contribution in [3.8, 4) is 5.75 Å². The molecule has 0 unspecified atom stereocenters. The second-order valence-corrected chi connectivity index (χ2v) is 8.95. The standard InChI is InChI=1S/C26H21N3O4S/c1-33-23-10-12-24(13-11-23)34(31,32)29(26(30)22-6-4-16-28-19-22)25-7-3-2-5-21(25)9-8-20-14-17-27-18-15-20/h2-19H,1H3. The molecular weight excluding hydrogens is 450 g/mol. The van der Waals surface area contributed by atoms with Gasteiger partial charge in [0.25, 0.3) is 15.9 Å². The summed E-state index contributed by atoms with van der Waals surface area (Å²) in [5.74, 6) is -0.210. The van der Waals surface area contributed by atoms with Gasteiger partial charge in [0.05, 0.1) is 23.3 Å². The van der Waals surface area contributed by atoms with Crippen molar-refractivity contribution in [3.63, 3.8) is 0 Å². The number of hydrogen-bond donors (Lipinski definition) is 0. The van der Waals surface area contributed by atoms with Crippen LogP contribution in [-0.2, 0) is 10.0 Å². The summed E-state index contributed by atoms with van der Waals surface area (Å²) in [4.78, 5) is 21.5. The van der Waals surface area contributed by atoms with E-state index in [1.807, 2.05) is 18.2 Å². The lowest BCUT2D eigenvalue weighted by atomic mass is 10.1. The summed E-state index contributed by atoms with van der Waals surface area (Å²) in [7, 11) is -2.78. The Balaban J connectivity index is 1.86. The number of methoxy groups -OCH3 is 1. The Kier molecular flexibility index (Phi) is 6.79. The summed E-state index contributed by atoms with van der Waals surface area (Å²) in [6.07, 6.45) is 9.78. The molecule has 0 spiro atoms. The van der Waals surface area contributed by atoms with E-state index >= 15 is 0 Å². The van der Waals surface area contributed by atoms with Crippen LogP contribution in [0, 0.1) is 0 Å². The number of nitrogens with zero attached hydrogens (tertiary/aromatic N) is 3. The zero-order chi connectivity index (χ0) is 24.0. The molecule has 0 saturated carbocycles. The number of hydrogen-bond acceptors (Lipinski definition) is 6. The normalized spacial score (nSPS) is 11.3. The number of para-hydroxylation sites is 1. The van der Waals surface area contributed by atoms with Crippen LogP contribution >= 0.6 is 0 Å². The van der Waals surface area contributed by atoms with Gasteiger partial charge in [-0.2, -0.15) is 4.31 Å². The van der Waals surface area contributed by atoms with Gasteiger partial charge in [0.2, 0.25) is 0 Å². The Bertz CT molecular complexity index is 1410. The zero-order valence-corrected chi connectivity index (χ0v) is 19.1. The van der Waals surface area contributed by atoms with Crippen LogP contribution in [0.5, 0.6) is 5.75 Å². The second kappa shape index (κ2) is 10.1. The van der Waals surface area contributed by atoms with Crippen LogP contribution in [0.15, 0.2) is 102 Å². The van der Waals surface area contributed by atoms with Crippen LogP contribution in [-0.4, -0.2) is 31.4 Å². The molecule has 1 amide bonds. The van der Waals surface area contributed by atoms with E-state index in [9.17, 15) is 13.2 Å². The first kappa shape index (κ1) is 22.9. The van der Waals surface area contributed by atoms with E-state index in [1.54, 1.807) is 48.8 Å². The van der Waals surface area contributed by atoms with Gasteiger partial charge >= 0.3 is 0 Å². The molecule has 0 bridgehead atoms. The van der Waals surface area contributed by atoms with E-state index in [-0.39, 0.29) is 16.1 Å². The molecule has 34 heavy (non-hydrogen) atoms. The number of carbonyl (C=O) groups is 1. The molecule has 0 radical (unpaired) electrons. The third-order valence-corrected chi connectivity index (χ3v) is 6.72. The minimum atomic E-state index is -4.28. The summed E-state index contributed by atoms with van der Waals surface area (Å²) < 4.78 is 33.5. The molecule has 170 valence electrons. The molecule has 0 aliphatic carbocycles. The smallest absolute Gasteiger partial charge is 0.273 e. The van der Waals surface area contributed by atoms with Gasteiger partial charge in [-0.25, -0.2) is 8.42 Å². The Hall–Kier alpha value is -4.30. The number of carbonyl (C=O) groups excluding carboxylic acids is 1. The third kappa shape index (κ3) is 4.87. The van der Waals surface area contributed by atoms with Crippen LogP contribution in [0.1, 0.15) is 21.5 Å². The summed E-state index contributed by atoms with van der Waals surface area (Å²) in [6.45, 7) is 0. The minimum absolute atomic E-state index is 0.0431. The van der Waals surface area contributed by atoms with Gasteiger partial charge in [-0.3, -0.25) is 14.8 Å². The maximum absolute atomic E-state index is 13.8. The predicted molar refractivity (Wildman–Crippen MR) is 131 cm³/mol. The fraction of sp³-hybridized carbons (Fsp3) is 0.0385. The molecule has 0 aliphatic heterocycles. The molecule has 2 aromatic heterocycles. The maximum atomic E-state index is 13.8. The average molecular weight is 472 g/mol. The SMILES string of the molecule is COc1ccc(S(=O)(=O)N(C(=O)c2cccnc2)c2ccccc2C=Cc2ccncc2)cc1. The van der Waals surface area contributed by atoms with E-state index in [2.05, 4.69) is 9.97 Å². The largest absolute Gasteiger partial charge is 0.497 e. The molecule has 7 nitrogen and oxygen atoms in total. The number of anilines is 1. The summed E-state index contributed by atoms with van der Waals surface area (Å²) in [5, 5.41) is 0. The van der Waals surface area contributed by atoms with Crippen molar-refractivity contribution < 1.29 is 17.9 Å². The molecule has 8 heteroatoms. The van der Waals surface area contributed by atoms with Gasteiger partial charge in [0, 0.05) is 24.8 Å². The Labute approximate surface area is 198 Å². The number of sulfonamides is 1. The summed E-state index contributed by atoms with van der Waals surface area (Å²) in [5.41, 5.74) is 1.80. The quantitative estimate of drug-likeness (QED) is 0.388. The number of aromatic nitrogens is 2. The molecule has 2 aromatic carbocycles. The molecule has 4 rings (SSSR count). The molecule has 0 aliphatic rings. The number of ether oxygens (including phenoxy) is 1. The molecule has 4 aromatic rings. The van der Waals surface area contributed by atoms with E-state index in [0.29, 0.717) is 11.3 Å². The van der Waals surface area contributed by atoms with Crippen molar-refractivity contribution in [1.29, 1.82) is 0 Å². The van der Waals surface area contributed by atoms with E-state index < -0.39 is 15.9 Å². The van der Waals surface area contributed by atoms with Crippen LogP contribution in [0.3, 0.4) is 0 Å². The van der Waals surface area contributed by atoms with Crippen molar-refractivity contribution in [3.05, 3.63) is 114 Å². The summed E-state index contributed by atoms with van der Waals surface area (Å²) >= 11 is 0. The predicted octanol–water partition coefficient (Wildman–Crippen LogP) is 4.69. The van der Waals surface area contributed by atoms with Crippen molar-refractivity contribution in [2.75, 3.05) is 11.4 Å². The van der Waals surface area contributed by atoms with Crippen molar-refractivity contribution in [1.82, 2.24) is 9.97 Å². The number of pyridine rings is 2. The highest BCUT2D eigenvalue weighted by atomic mass is 32.2. The highest BCUT2D eigenvalue weighted by Crippen LogP contribution is 2.31. The lowest BCUT2D eigenvalue weighted by Crippen LogP contribution is -2.37. The van der Waals surface area contributed by atoms with Crippen molar-refractivity contribution in [2.45, 2.75) is 4.90 Å². The van der Waals surface area contributed by atoms with E-state index in [4.69, 9.17) is 4.74 Å². The van der Waals surface area contributed by atoms with Gasteiger partial charge in [-0.1, -0.05) is 30.4 Å². The molecule has 0 N–H and O–H groups in total. The molecular formula is C26H21N3O4S. The zero-order valence-electron chi connectivity index (χ0n) is 18.3.